The summed E-state index contributed by atoms with van der Waals surface area (Å²) in [6.45, 7) is 3.71. The van der Waals surface area contributed by atoms with Crippen molar-refractivity contribution in [3.8, 4) is 17.2 Å². The summed E-state index contributed by atoms with van der Waals surface area (Å²) in [5.74, 6) is 2.06. The molecule has 0 bridgehead atoms. The Morgan fingerprint density at radius 2 is 1.64 bits per heavy atom. The Balaban J connectivity index is 1.54. The summed E-state index contributed by atoms with van der Waals surface area (Å²) in [5, 5.41) is 2.93. The lowest BCUT2D eigenvalue weighted by Crippen LogP contribution is -2.48. The van der Waals surface area contributed by atoms with Crippen LogP contribution in [-0.2, 0) is 4.79 Å². The standard InChI is InChI=1S/C21H27N3O4/c1-26-17-6-4-5-16(13-17)24-11-9-23(10-12-24)15-21(25)22-19-14-18(27-2)7-8-20(19)28-3/h4-8,13-14H,9-12,15H2,1-3H3,(H,22,25). The summed E-state index contributed by atoms with van der Waals surface area (Å²) in [7, 11) is 4.84. The van der Waals surface area contributed by atoms with Crippen LogP contribution in [0.3, 0.4) is 0 Å². The number of piperazine rings is 1. The van der Waals surface area contributed by atoms with Crippen LogP contribution in [0.4, 0.5) is 11.4 Å². The van der Waals surface area contributed by atoms with Crippen LogP contribution >= 0.6 is 0 Å². The Kier molecular flexibility index (Phi) is 6.60. The van der Waals surface area contributed by atoms with Crippen LogP contribution in [0.1, 0.15) is 0 Å². The topological polar surface area (TPSA) is 63.3 Å². The highest BCUT2D eigenvalue weighted by Gasteiger charge is 2.20. The molecule has 7 nitrogen and oxygen atoms in total. The van der Waals surface area contributed by atoms with Gasteiger partial charge in [0, 0.05) is 44.0 Å². The van der Waals surface area contributed by atoms with Crippen molar-refractivity contribution < 1.29 is 19.0 Å². The second-order valence-electron chi connectivity index (χ2n) is 6.58. The molecule has 28 heavy (non-hydrogen) atoms. The normalized spacial score (nSPS) is 14.5. The largest absolute Gasteiger partial charge is 0.497 e. The van der Waals surface area contributed by atoms with Gasteiger partial charge in [-0.2, -0.15) is 0 Å². The molecule has 0 aromatic heterocycles. The third-order valence-corrected chi connectivity index (χ3v) is 4.84. The van der Waals surface area contributed by atoms with Crippen molar-refractivity contribution in [2.45, 2.75) is 0 Å². The van der Waals surface area contributed by atoms with Crippen molar-refractivity contribution in [1.82, 2.24) is 4.90 Å². The Morgan fingerprint density at radius 3 is 2.32 bits per heavy atom. The van der Waals surface area contributed by atoms with Gasteiger partial charge in [0.1, 0.15) is 17.2 Å². The van der Waals surface area contributed by atoms with E-state index in [2.05, 4.69) is 21.2 Å². The summed E-state index contributed by atoms with van der Waals surface area (Å²) in [6.07, 6.45) is 0. The first-order valence-corrected chi connectivity index (χ1v) is 9.26. The van der Waals surface area contributed by atoms with Gasteiger partial charge >= 0.3 is 0 Å². The minimum Gasteiger partial charge on any atom is -0.497 e. The monoisotopic (exact) mass is 385 g/mol. The van der Waals surface area contributed by atoms with Crippen molar-refractivity contribution in [2.24, 2.45) is 0 Å². The highest BCUT2D eigenvalue weighted by atomic mass is 16.5. The van der Waals surface area contributed by atoms with Crippen molar-refractivity contribution in [3.63, 3.8) is 0 Å². The van der Waals surface area contributed by atoms with E-state index in [9.17, 15) is 4.79 Å². The summed E-state index contributed by atoms with van der Waals surface area (Å²) >= 11 is 0. The number of hydrogen-bond donors (Lipinski definition) is 1. The van der Waals surface area contributed by atoms with Gasteiger partial charge in [0.25, 0.3) is 0 Å². The molecule has 2 aromatic rings. The molecule has 3 rings (SSSR count). The van der Waals surface area contributed by atoms with E-state index >= 15 is 0 Å². The molecule has 0 unspecified atom stereocenters. The van der Waals surface area contributed by atoms with Gasteiger partial charge in [0.15, 0.2) is 0 Å². The van der Waals surface area contributed by atoms with Crippen LogP contribution in [0, 0.1) is 0 Å². The fraction of sp³-hybridized carbons (Fsp3) is 0.381. The van der Waals surface area contributed by atoms with E-state index in [4.69, 9.17) is 14.2 Å². The molecule has 0 spiro atoms. The molecule has 1 aliphatic heterocycles. The zero-order chi connectivity index (χ0) is 19.9. The number of amides is 1. The third-order valence-electron chi connectivity index (χ3n) is 4.84. The number of rotatable bonds is 7. The number of anilines is 2. The Bertz CT molecular complexity index is 804. The molecule has 1 fully saturated rings. The van der Waals surface area contributed by atoms with Crippen LogP contribution in [0.25, 0.3) is 0 Å². The smallest absolute Gasteiger partial charge is 0.238 e. The predicted molar refractivity (Wildman–Crippen MR) is 110 cm³/mol. The fourth-order valence-corrected chi connectivity index (χ4v) is 3.28. The van der Waals surface area contributed by atoms with Gasteiger partial charge in [-0.15, -0.1) is 0 Å². The lowest BCUT2D eigenvalue weighted by Gasteiger charge is -2.35. The average molecular weight is 385 g/mol. The summed E-state index contributed by atoms with van der Waals surface area (Å²) in [4.78, 5) is 17.0. The van der Waals surface area contributed by atoms with Gasteiger partial charge in [-0.05, 0) is 24.3 Å². The minimum atomic E-state index is -0.0682. The summed E-state index contributed by atoms with van der Waals surface area (Å²) in [6, 6.07) is 13.4. The van der Waals surface area contributed by atoms with E-state index in [0.717, 1.165) is 37.6 Å². The number of ether oxygens (including phenoxy) is 3. The van der Waals surface area contributed by atoms with E-state index in [1.807, 2.05) is 18.2 Å². The van der Waals surface area contributed by atoms with Gasteiger partial charge in [0.2, 0.25) is 5.91 Å². The molecule has 1 N–H and O–H groups in total. The van der Waals surface area contributed by atoms with Crippen LogP contribution in [0.15, 0.2) is 42.5 Å². The van der Waals surface area contributed by atoms with Gasteiger partial charge in [-0.3, -0.25) is 9.69 Å². The number of benzene rings is 2. The van der Waals surface area contributed by atoms with Gasteiger partial charge in [-0.1, -0.05) is 6.07 Å². The van der Waals surface area contributed by atoms with Crippen molar-refractivity contribution in [1.29, 1.82) is 0 Å². The Hall–Kier alpha value is -2.93. The van der Waals surface area contributed by atoms with E-state index in [1.54, 1.807) is 39.5 Å². The third kappa shape index (κ3) is 4.86. The highest BCUT2D eigenvalue weighted by molar-refractivity contribution is 5.94. The quantitative estimate of drug-likeness (QED) is 0.790. The second kappa shape index (κ2) is 9.32. The van der Waals surface area contributed by atoms with E-state index in [1.165, 1.54) is 0 Å². The SMILES string of the molecule is COc1cccc(N2CCN(CC(=O)Nc3cc(OC)ccc3OC)CC2)c1. The maximum absolute atomic E-state index is 12.5. The second-order valence-corrected chi connectivity index (χ2v) is 6.58. The predicted octanol–water partition coefficient (Wildman–Crippen LogP) is 2.47. The number of carbonyl (C=O) groups excluding carboxylic acids is 1. The number of methoxy groups -OCH3 is 3. The van der Waals surface area contributed by atoms with Crippen molar-refractivity contribution in [2.75, 3.05) is 64.3 Å². The molecular formula is C21H27N3O4. The molecule has 0 radical (unpaired) electrons. The first-order chi connectivity index (χ1) is 13.6. The highest BCUT2D eigenvalue weighted by Crippen LogP contribution is 2.29. The molecule has 2 aromatic carbocycles. The van der Waals surface area contributed by atoms with E-state index < -0.39 is 0 Å². The average Bonchev–Trinajstić information content (AvgIpc) is 2.74. The Morgan fingerprint density at radius 1 is 0.929 bits per heavy atom. The Labute approximate surface area is 165 Å². The van der Waals surface area contributed by atoms with Gasteiger partial charge < -0.3 is 24.4 Å². The molecule has 1 aliphatic rings. The van der Waals surface area contributed by atoms with Crippen LogP contribution in [0.5, 0.6) is 17.2 Å². The molecule has 1 amide bonds. The molecule has 7 heteroatoms. The maximum Gasteiger partial charge on any atom is 0.238 e. The van der Waals surface area contributed by atoms with Crippen LogP contribution in [-0.4, -0.2) is 64.9 Å². The first-order valence-electron chi connectivity index (χ1n) is 9.26. The minimum absolute atomic E-state index is 0.0682. The number of nitrogens with zero attached hydrogens (tertiary/aromatic N) is 2. The zero-order valence-electron chi connectivity index (χ0n) is 16.6. The van der Waals surface area contributed by atoms with E-state index in [-0.39, 0.29) is 5.91 Å². The molecule has 0 aliphatic carbocycles. The lowest BCUT2D eigenvalue weighted by molar-refractivity contribution is -0.117. The number of carbonyl (C=O) groups is 1. The summed E-state index contributed by atoms with van der Waals surface area (Å²) < 4.78 is 15.8. The molecule has 1 saturated heterocycles. The number of hydrogen-bond acceptors (Lipinski definition) is 6. The van der Waals surface area contributed by atoms with Crippen molar-refractivity contribution in [3.05, 3.63) is 42.5 Å². The molecular weight excluding hydrogens is 358 g/mol. The molecule has 0 saturated carbocycles. The van der Waals surface area contributed by atoms with Crippen LogP contribution < -0.4 is 24.4 Å². The molecule has 150 valence electrons. The first kappa shape index (κ1) is 19.8. The van der Waals surface area contributed by atoms with Gasteiger partial charge in [-0.25, -0.2) is 0 Å². The van der Waals surface area contributed by atoms with Gasteiger partial charge in [0.05, 0.1) is 33.6 Å². The molecule has 1 heterocycles. The molecule has 0 atom stereocenters. The van der Waals surface area contributed by atoms with Crippen molar-refractivity contribution >= 4 is 17.3 Å². The zero-order valence-corrected chi connectivity index (χ0v) is 16.6. The van der Waals surface area contributed by atoms with E-state index in [0.29, 0.717) is 23.7 Å². The number of nitrogens with one attached hydrogen (secondary N) is 1. The van der Waals surface area contributed by atoms with Crippen LogP contribution in [0.2, 0.25) is 0 Å². The maximum atomic E-state index is 12.5. The lowest BCUT2D eigenvalue weighted by atomic mass is 10.2. The fourth-order valence-electron chi connectivity index (χ4n) is 3.28. The summed E-state index contributed by atoms with van der Waals surface area (Å²) in [5.41, 5.74) is 1.76.